The number of hydrogen-bond donors (Lipinski definition) is 2. The van der Waals surface area contributed by atoms with E-state index in [1.165, 1.54) is 5.56 Å². The number of guanidine groups is 1. The quantitative estimate of drug-likeness (QED) is 0.333. The van der Waals surface area contributed by atoms with Gasteiger partial charge in [0.1, 0.15) is 0 Å². The maximum Gasteiger partial charge on any atom is 0.194 e. The molecule has 1 aromatic heterocycles. The predicted octanol–water partition coefficient (Wildman–Crippen LogP) is 3.16. The fourth-order valence-electron chi connectivity index (χ4n) is 3.11. The lowest BCUT2D eigenvalue weighted by molar-refractivity contribution is 0.183. The molecule has 0 saturated carbocycles. The number of hydrogen-bond acceptors (Lipinski definition) is 3. The van der Waals surface area contributed by atoms with E-state index in [2.05, 4.69) is 40.4 Å². The Hall–Kier alpha value is -1.61. The van der Waals surface area contributed by atoms with Crippen molar-refractivity contribution in [2.45, 2.75) is 45.8 Å². The Balaban J connectivity index is 0.00000392. The molecule has 0 spiro atoms. The molecule has 0 saturated heterocycles. The van der Waals surface area contributed by atoms with Crippen LogP contribution in [-0.4, -0.2) is 52.0 Å². The van der Waals surface area contributed by atoms with Crippen LogP contribution in [0.2, 0.25) is 0 Å². The molecule has 0 fully saturated rings. The van der Waals surface area contributed by atoms with Crippen LogP contribution in [0.1, 0.15) is 43.5 Å². The normalized spacial score (nSPS) is 12.6. The summed E-state index contributed by atoms with van der Waals surface area (Å²) < 4.78 is 1.87. The van der Waals surface area contributed by atoms with Crippen LogP contribution in [0.4, 0.5) is 0 Å². The minimum atomic E-state index is -0.501. The number of nitrogens with zero attached hydrogens (tertiary/aromatic N) is 4. The van der Waals surface area contributed by atoms with Crippen LogP contribution in [0.15, 0.2) is 41.5 Å². The first-order valence-electron chi connectivity index (χ1n) is 9.64. The highest BCUT2D eigenvalue weighted by atomic mass is 127. The summed E-state index contributed by atoms with van der Waals surface area (Å²) in [4.78, 5) is 6.73. The predicted molar refractivity (Wildman–Crippen MR) is 126 cm³/mol. The molecule has 6 nitrogen and oxygen atoms in total. The van der Waals surface area contributed by atoms with E-state index in [0.29, 0.717) is 18.9 Å². The molecule has 2 aromatic rings. The third-order valence-corrected chi connectivity index (χ3v) is 4.35. The lowest BCUT2D eigenvalue weighted by Gasteiger charge is -2.23. The van der Waals surface area contributed by atoms with Crippen molar-refractivity contribution in [1.29, 1.82) is 0 Å². The summed E-state index contributed by atoms with van der Waals surface area (Å²) >= 11 is 0. The van der Waals surface area contributed by atoms with Gasteiger partial charge >= 0.3 is 0 Å². The Morgan fingerprint density at radius 1 is 1.29 bits per heavy atom. The van der Waals surface area contributed by atoms with Gasteiger partial charge in [-0.3, -0.25) is 9.67 Å². The second kappa shape index (κ2) is 12.1. The number of aliphatic hydroxyl groups excluding tert-OH is 1. The molecule has 0 radical (unpaired) electrons. The molecule has 1 atom stereocenters. The van der Waals surface area contributed by atoms with E-state index < -0.39 is 6.10 Å². The van der Waals surface area contributed by atoms with Gasteiger partial charge in [0.2, 0.25) is 0 Å². The zero-order valence-electron chi connectivity index (χ0n) is 17.6. The highest BCUT2D eigenvalue weighted by molar-refractivity contribution is 14.0. The number of rotatable bonds is 8. The molecule has 0 bridgehead atoms. The van der Waals surface area contributed by atoms with Crippen LogP contribution in [0.25, 0.3) is 0 Å². The average molecular weight is 499 g/mol. The van der Waals surface area contributed by atoms with Gasteiger partial charge in [0.05, 0.1) is 18.3 Å². The number of nitrogens with one attached hydrogen (secondary N) is 1. The molecular weight excluding hydrogens is 465 g/mol. The molecule has 2 N–H and O–H groups in total. The number of aryl methyl sites for hydroxylation is 1. The van der Waals surface area contributed by atoms with Gasteiger partial charge in [0, 0.05) is 45.4 Å². The first-order chi connectivity index (χ1) is 12.9. The van der Waals surface area contributed by atoms with Crippen molar-refractivity contribution in [1.82, 2.24) is 20.0 Å². The Kier molecular flexibility index (Phi) is 10.5. The zero-order chi connectivity index (χ0) is 19.8. The van der Waals surface area contributed by atoms with E-state index in [-0.39, 0.29) is 24.0 Å². The fraction of sp³-hybridized carbons (Fsp3) is 0.524. The van der Waals surface area contributed by atoms with Crippen LogP contribution >= 0.6 is 24.0 Å². The molecule has 1 unspecified atom stereocenters. The molecule has 2 rings (SSSR count). The Labute approximate surface area is 186 Å². The largest absolute Gasteiger partial charge is 0.391 e. The molecule has 0 aliphatic rings. The lowest BCUT2D eigenvalue weighted by atomic mass is 10.1. The van der Waals surface area contributed by atoms with Crippen molar-refractivity contribution in [3.05, 3.63) is 53.3 Å². The average Bonchev–Trinajstić information content (AvgIpc) is 3.00. The van der Waals surface area contributed by atoms with Gasteiger partial charge in [-0.05, 0) is 18.4 Å². The Morgan fingerprint density at radius 2 is 1.96 bits per heavy atom. The van der Waals surface area contributed by atoms with Crippen molar-refractivity contribution in [3.63, 3.8) is 0 Å². The van der Waals surface area contributed by atoms with Gasteiger partial charge in [0.15, 0.2) is 5.96 Å². The number of aromatic nitrogens is 2. The maximum absolute atomic E-state index is 10.3. The van der Waals surface area contributed by atoms with Gasteiger partial charge in [0.25, 0.3) is 0 Å². The minimum Gasteiger partial charge on any atom is -0.391 e. The van der Waals surface area contributed by atoms with Gasteiger partial charge in [-0.2, -0.15) is 5.10 Å². The molecule has 0 aliphatic carbocycles. The summed E-state index contributed by atoms with van der Waals surface area (Å²) in [6, 6.07) is 10.0. The van der Waals surface area contributed by atoms with Crippen molar-refractivity contribution in [3.8, 4) is 0 Å². The summed E-state index contributed by atoms with van der Waals surface area (Å²) in [7, 11) is 3.97. The van der Waals surface area contributed by atoms with E-state index in [1.807, 2.05) is 56.0 Å². The summed E-state index contributed by atoms with van der Waals surface area (Å²) in [6.07, 6.45) is 2.17. The van der Waals surface area contributed by atoms with Gasteiger partial charge in [-0.15, -0.1) is 24.0 Å². The topological polar surface area (TPSA) is 65.7 Å². The zero-order valence-corrected chi connectivity index (χ0v) is 19.9. The fourth-order valence-corrected chi connectivity index (χ4v) is 3.11. The summed E-state index contributed by atoms with van der Waals surface area (Å²) in [5.74, 6) is 1.17. The van der Waals surface area contributed by atoms with Gasteiger partial charge in [-0.25, -0.2) is 0 Å². The maximum atomic E-state index is 10.3. The van der Waals surface area contributed by atoms with Crippen LogP contribution < -0.4 is 5.32 Å². The third-order valence-electron chi connectivity index (χ3n) is 4.35. The Morgan fingerprint density at radius 3 is 2.57 bits per heavy atom. The van der Waals surface area contributed by atoms with Gasteiger partial charge < -0.3 is 15.3 Å². The van der Waals surface area contributed by atoms with Crippen molar-refractivity contribution < 1.29 is 5.11 Å². The van der Waals surface area contributed by atoms with E-state index in [0.717, 1.165) is 30.3 Å². The molecular formula is C21H34IN5O. The first-order valence-corrected chi connectivity index (χ1v) is 9.64. The summed E-state index contributed by atoms with van der Waals surface area (Å²) in [5.41, 5.74) is 3.44. The van der Waals surface area contributed by atoms with E-state index in [9.17, 15) is 5.11 Å². The van der Waals surface area contributed by atoms with Crippen LogP contribution in [0, 0.1) is 0 Å². The van der Waals surface area contributed by atoms with Crippen molar-refractivity contribution >= 4 is 29.9 Å². The second-order valence-electron chi connectivity index (χ2n) is 7.26. The van der Waals surface area contributed by atoms with E-state index >= 15 is 0 Å². The number of aliphatic imine (C=N–C) groups is 1. The molecule has 156 valence electrons. The number of benzene rings is 1. The van der Waals surface area contributed by atoms with E-state index in [1.54, 1.807) is 0 Å². The second-order valence-corrected chi connectivity index (χ2v) is 7.26. The van der Waals surface area contributed by atoms with Crippen LogP contribution in [0.5, 0.6) is 0 Å². The SMILES string of the molecule is CCNC(=NCC(O)Cc1ccccc1)N(C)Cc1cn(C)nc1C(C)C.I. The van der Waals surface area contributed by atoms with Gasteiger partial charge in [-0.1, -0.05) is 44.2 Å². The summed E-state index contributed by atoms with van der Waals surface area (Å²) in [5, 5.41) is 18.2. The highest BCUT2D eigenvalue weighted by Crippen LogP contribution is 2.18. The lowest BCUT2D eigenvalue weighted by Crippen LogP contribution is -2.39. The third kappa shape index (κ3) is 7.43. The molecule has 1 heterocycles. The summed E-state index contributed by atoms with van der Waals surface area (Å²) in [6.45, 7) is 8.24. The smallest absolute Gasteiger partial charge is 0.194 e. The molecule has 1 aromatic carbocycles. The monoisotopic (exact) mass is 499 g/mol. The highest BCUT2D eigenvalue weighted by Gasteiger charge is 2.15. The minimum absolute atomic E-state index is 0. The van der Waals surface area contributed by atoms with Crippen molar-refractivity contribution in [2.24, 2.45) is 12.0 Å². The standard InChI is InChI=1S/C21H33N5O.HI/c1-6-22-21(23-13-19(27)12-17-10-8-7-9-11-17)25(4)14-18-15-26(5)24-20(18)16(2)3;/h7-11,15-16,19,27H,6,12-14H2,1-5H3,(H,22,23);1H. The molecule has 28 heavy (non-hydrogen) atoms. The molecule has 0 aliphatic heterocycles. The van der Waals surface area contributed by atoms with Crippen LogP contribution in [0.3, 0.4) is 0 Å². The first kappa shape index (κ1) is 24.4. The number of halogens is 1. The van der Waals surface area contributed by atoms with Crippen LogP contribution in [-0.2, 0) is 20.0 Å². The molecule has 0 amide bonds. The Bertz CT molecular complexity index is 730. The van der Waals surface area contributed by atoms with Crippen molar-refractivity contribution in [2.75, 3.05) is 20.1 Å². The molecule has 7 heteroatoms. The number of aliphatic hydroxyl groups is 1. The van der Waals surface area contributed by atoms with E-state index in [4.69, 9.17) is 0 Å².